The molecule has 0 unspecified atom stereocenters. The number of amides is 1. The van der Waals surface area contributed by atoms with E-state index in [0.717, 1.165) is 6.07 Å². The van der Waals surface area contributed by atoms with Crippen molar-refractivity contribution >= 4 is 23.5 Å². The van der Waals surface area contributed by atoms with Crippen LogP contribution in [-0.2, 0) is 6.54 Å². The van der Waals surface area contributed by atoms with Crippen LogP contribution in [0.3, 0.4) is 0 Å². The summed E-state index contributed by atoms with van der Waals surface area (Å²) >= 11 is 5.78. The number of aromatic carboxylic acids is 1. The molecule has 110 valence electrons. The molecule has 1 aromatic carbocycles. The summed E-state index contributed by atoms with van der Waals surface area (Å²) in [4.78, 5) is 26.2. The van der Waals surface area contributed by atoms with Gasteiger partial charge in [0.05, 0.1) is 16.9 Å². The normalized spacial score (nSPS) is 10.4. The van der Waals surface area contributed by atoms with Gasteiger partial charge in [0, 0.05) is 19.3 Å². The van der Waals surface area contributed by atoms with E-state index in [1.165, 1.54) is 29.2 Å². The highest BCUT2D eigenvalue weighted by Crippen LogP contribution is 2.18. The monoisotopic (exact) mass is 311 g/mol. The number of hydrogen-bond donors (Lipinski definition) is 2. The minimum atomic E-state index is -1.13. The van der Waals surface area contributed by atoms with Crippen molar-refractivity contribution in [3.8, 4) is 0 Å². The highest BCUT2D eigenvalue weighted by molar-refractivity contribution is 6.33. The van der Waals surface area contributed by atoms with E-state index in [-0.39, 0.29) is 22.8 Å². The fourth-order valence-electron chi connectivity index (χ4n) is 1.69. The van der Waals surface area contributed by atoms with Gasteiger partial charge < -0.3 is 15.0 Å². The summed E-state index contributed by atoms with van der Waals surface area (Å²) in [6.07, 6.45) is 2.68. The summed E-state index contributed by atoms with van der Waals surface area (Å²) in [6, 6.07) is 3.98. The molecule has 0 saturated carbocycles. The van der Waals surface area contributed by atoms with Crippen LogP contribution in [0.25, 0.3) is 0 Å². The van der Waals surface area contributed by atoms with Crippen LogP contribution in [0.1, 0.15) is 20.8 Å². The Balaban J connectivity index is 1.94. The van der Waals surface area contributed by atoms with Crippen molar-refractivity contribution in [3.05, 3.63) is 52.8 Å². The zero-order valence-electron chi connectivity index (χ0n) is 10.7. The average molecular weight is 312 g/mol. The molecule has 0 radical (unpaired) electrons. The Hall–Kier alpha value is -2.41. The lowest BCUT2D eigenvalue weighted by atomic mass is 10.2. The predicted molar refractivity (Wildman–Crippen MR) is 72.9 cm³/mol. The molecule has 0 bridgehead atoms. The standard InChI is InChI=1S/C13H11ClFN3O3/c14-8-2-1-3-9(15)11(8)12(19)16-4-5-18-6-10(13(20)21)17-7-18/h1-3,6-7H,4-5H2,(H,16,19)(H,20,21). The van der Waals surface area contributed by atoms with Gasteiger partial charge in [0.15, 0.2) is 5.69 Å². The first kappa shape index (κ1) is 15.0. The molecule has 0 aliphatic heterocycles. The minimum Gasteiger partial charge on any atom is -0.476 e. The fraction of sp³-hybridized carbons (Fsp3) is 0.154. The lowest BCUT2D eigenvalue weighted by molar-refractivity contribution is 0.0690. The molecule has 21 heavy (non-hydrogen) atoms. The Morgan fingerprint density at radius 2 is 2.19 bits per heavy atom. The Kier molecular flexibility index (Phi) is 4.54. The number of carbonyl (C=O) groups excluding carboxylic acids is 1. The zero-order valence-corrected chi connectivity index (χ0v) is 11.5. The Labute approximate surface area is 124 Å². The van der Waals surface area contributed by atoms with Gasteiger partial charge in [-0.15, -0.1) is 0 Å². The zero-order chi connectivity index (χ0) is 15.4. The highest BCUT2D eigenvalue weighted by atomic mass is 35.5. The number of carbonyl (C=O) groups is 2. The van der Waals surface area contributed by atoms with E-state index in [2.05, 4.69) is 10.3 Å². The van der Waals surface area contributed by atoms with Crippen LogP contribution in [-0.4, -0.2) is 33.1 Å². The van der Waals surface area contributed by atoms with Crippen LogP contribution in [0.4, 0.5) is 4.39 Å². The summed E-state index contributed by atoms with van der Waals surface area (Å²) < 4.78 is 15.0. The smallest absolute Gasteiger partial charge is 0.356 e. The Bertz CT molecular complexity index is 667. The van der Waals surface area contributed by atoms with Crippen LogP contribution in [0.5, 0.6) is 0 Å². The molecule has 2 aromatic rings. The van der Waals surface area contributed by atoms with Crippen LogP contribution >= 0.6 is 11.6 Å². The summed E-state index contributed by atoms with van der Waals surface area (Å²) in [7, 11) is 0. The number of aromatic nitrogens is 2. The largest absolute Gasteiger partial charge is 0.476 e. The third-order valence-electron chi connectivity index (χ3n) is 2.70. The van der Waals surface area contributed by atoms with Crippen LogP contribution in [0, 0.1) is 5.82 Å². The molecule has 0 saturated heterocycles. The molecule has 1 heterocycles. The van der Waals surface area contributed by atoms with Gasteiger partial charge in [-0.2, -0.15) is 0 Å². The van der Waals surface area contributed by atoms with E-state index in [1.54, 1.807) is 0 Å². The van der Waals surface area contributed by atoms with E-state index < -0.39 is 17.7 Å². The van der Waals surface area contributed by atoms with Crippen molar-refractivity contribution in [1.82, 2.24) is 14.9 Å². The molecule has 1 amide bonds. The molecule has 0 aliphatic carbocycles. The molecular weight excluding hydrogens is 301 g/mol. The number of nitrogens with zero attached hydrogens (tertiary/aromatic N) is 2. The number of rotatable bonds is 5. The van der Waals surface area contributed by atoms with Gasteiger partial charge in [-0.3, -0.25) is 4.79 Å². The molecule has 2 rings (SSSR count). The maximum absolute atomic E-state index is 13.5. The summed E-state index contributed by atoms with van der Waals surface area (Å²) in [5.41, 5.74) is -0.297. The molecule has 0 fully saturated rings. The van der Waals surface area contributed by atoms with Crippen molar-refractivity contribution in [2.45, 2.75) is 6.54 Å². The van der Waals surface area contributed by atoms with E-state index in [0.29, 0.717) is 6.54 Å². The second kappa shape index (κ2) is 6.36. The Morgan fingerprint density at radius 1 is 1.43 bits per heavy atom. The number of carboxylic acids is 1. The van der Waals surface area contributed by atoms with Crippen LogP contribution in [0.2, 0.25) is 5.02 Å². The van der Waals surface area contributed by atoms with Gasteiger partial charge in [0.25, 0.3) is 5.91 Å². The van der Waals surface area contributed by atoms with E-state index >= 15 is 0 Å². The second-order valence-electron chi connectivity index (χ2n) is 4.15. The van der Waals surface area contributed by atoms with E-state index in [9.17, 15) is 14.0 Å². The quantitative estimate of drug-likeness (QED) is 0.882. The summed E-state index contributed by atoms with van der Waals surface area (Å²) in [5.74, 6) is -2.46. The molecule has 2 N–H and O–H groups in total. The lowest BCUT2D eigenvalue weighted by Gasteiger charge is -2.08. The number of halogens is 2. The van der Waals surface area contributed by atoms with Gasteiger partial charge in [-0.05, 0) is 12.1 Å². The van der Waals surface area contributed by atoms with E-state index in [1.807, 2.05) is 0 Å². The minimum absolute atomic E-state index is 0.0308. The predicted octanol–water partition coefficient (Wildman–Crippen LogP) is 1.80. The van der Waals surface area contributed by atoms with Crippen molar-refractivity contribution < 1.29 is 19.1 Å². The van der Waals surface area contributed by atoms with Gasteiger partial charge in [0.1, 0.15) is 5.82 Å². The SMILES string of the molecule is O=C(O)c1cn(CCNC(=O)c2c(F)cccc2Cl)cn1. The maximum atomic E-state index is 13.5. The van der Waals surface area contributed by atoms with Crippen molar-refractivity contribution in [2.75, 3.05) is 6.54 Å². The molecule has 6 nitrogen and oxygen atoms in total. The first-order chi connectivity index (χ1) is 9.99. The van der Waals surface area contributed by atoms with Gasteiger partial charge in [-0.25, -0.2) is 14.2 Å². The number of imidazole rings is 1. The third-order valence-corrected chi connectivity index (χ3v) is 3.01. The molecule has 0 aliphatic rings. The van der Waals surface area contributed by atoms with Crippen molar-refractivity contribution in [2.24, 2.45) is 0 Å². The lowest BCUT2D eigenvalue weighted by Crippen LogP contribution is -2.28. The van der Waals surface area contributed by atoms with Crippen molar-refractivity contribution in [3.63, 3.8) is 0 Å². The molecule has 1 aromatic heterocycles. The molecule has 0 atom stereocenters. The molecule has 8 heteroatoms. The number of nitrogens with one attached hydrogen (secondary N) is 1. The van der Waals surface area contributed by atoms with Gasteiger partial charge >= 0.3 is 5.97 Å². The van der Waals surface area contributed by atoms with E-state index in [4.69, 9.17) is 16.7 Å². The second-order valence-corrected chi connectivity index (χ2v) is 4.56. The summed E-state index contributed by atoms with van der Waals surface area (Å²) in [6.45, 7) is 0.483. The Morgan fingerprint density at radius 3 is 2.81 bits per heavy atom. The number of hydrogen-bond acceptors (Lipinski definition) is 3. The van der Waals surface area contributed by atoms with Crippen molar-refractivity contribution in [1.29, 1.82) is 0 Å². The van der Waals surface area contributed by atoms with Crippen LogP contribution < -0.4 is 5.32 Å². The average Bonchev–Trinajstić information content (AvgIpc) is 2.87. The molecular formula is C13H11ClFN3O3. The van der Waals surface area contributed by atoms with Gasteiger partial charge in [-0.1, -0.05) is 17.7 Å². The topological polar surface area (TPSA) is 84.2 Å². The summed E-state index contributed by atoms with van der Waals surface area (Å²) in [5, 5.41) is 11.3. The maximum Gasteiger partial charge on any atom is 0.356 e. The fourth-order valence-corrected chi connectivity index (χ4v) is 1.94. The number of benzene rings is 1. The number of carboxylic acid groups (broad SMARTS) is 1. The van der Waals surface area contributed by atoms with Crippen LogP contribution in [0.15, 0.2) is 30.7 Å². The first-order valence-electron chi connectivity index (χ1n) is 5.96. The first-order valence-corrected chi connectivity index (χ1v) is 6.34. The third kappa shape index (κ3) is 3.57. The van der Waals surface area contributed by atoms with Gasteiger partial charge in [0.2, 0.25) is 0 Å². The highest BCUT2D eigenvalue weighted by Gasteiger charge is 2.15. The molecule has 0 spiro atoms.